The summed E-state index contributed by atoms with van der Waals surface area (Å²) < 4.78 is 0. The van der Waals surface area contributed by atoms with Gasteiger partial charge in [-0.1, -0.05) is 6.42 Å². The Bertz CT molecular complexity index is 207. The second-order valence-electron chi connectivity index (χ2n) is 4.69. The molecule has 1 N–H and O–H groups in total. The Balaban J connectivity index is 1.52. The second-order valence-corrected chi connectivity index (χ2v) is 4.69. The molecule has 0 amide bonds. The summed E-state index contributed by atoms with van der Waals surface area (Å²) in [6.07, 6.45) is 6.50. The highest BCUT2D eigenvalue weighted by atomic mass is 16.4. The van der Waals surface area contributed by atoms with Crippen molar-refractivity contribution in [1.82, 2.24) is 4.90 Å². The van der Waals surface area contributed by atoms with Gasteiger partial charge in [-0.3, -0.25) is 9.69 Å². The van der Waals surface area contributed by atoms with Crippen LogP contribution in [0.4, 0.5) is 0 Å². The van der Waals surface area contributed by atoms with Gasteiger partial charge in [0.2, 0.25) is 0 Å². The number of carboxylic acid groups (broad SMARTS) is 1. The Morgan fingerprint density at radius 1 is 1.36 bits per heavy atom. The average molecular weight is 197 g/mol. The van der Waals surface area contributed by atoms with Crippen molar-refractivity contribution >= 4 is 5.97 Å². The Hall–Kier alpha value is -0.570. The quantitative estimate of drug-likeness (QED) is 0.729. The molecule has 3 heteroatoms. The van der Waals surface area contributed by atoms with Gasteiger partial charge in [-0.05, 0) is 31.6 Å². The number of hydrogen-bond donors (Lipinski definition) is 1. The molecule has 80 valence electrons. The van der Waals surface area contributed by atoms with Gasteiger partial charge in [0.05, 0.1) is 0 Å². The smallest absolute Gasteiger partial charge is 0.303 e. The van der Waals surface area contributed by atoms with Crippen LogP contribution >= 0.6 is 0 Å². The van der Waals surface area contributed by atoms with Crippen LogP contribution in [0.1, 0.15) is 38.5 Å². The fourth-order valence-corrected chi connectivity index (χ4v) is 2.38. The zero-order chi connectivity index (χ0) is 9.97. The lowest BCUT2D eigenvalue weighted by Gasteiger charge is -2.48. The third kappa shape index (κ3) is 2.27. The fourth-order valence-electron chi connectivity index (χ4n) is 2.38. The maximum absolute atomic E-state index is 10.3. The molecule has 0 atom stereocenters. The lowest BCUT2D eigenvalue weighted by Crippen LogP contribution is -2.54. The number of rotatable bonds is 5. The van der Waals surface area contributed by atoms with Crippen LogP contribution in [0, 0.1) is 5.92 Å². The van der Waals surface area contributed by atoms with Crippen LogP contribution in [0.15, 0.2) is 0 Å². The molecular weight excluding hydrogens is 178 g/mol. The highest BCUT2D eigenvalue weighted by molar-refractivity contribution is 5.66. The largest absolute Gasteiger partial charge is 0.481 e. The lowest BCUT2D eigenvalue weighted by molar-refractivity contribution is -0.137. The minimum atomic E-state index is -0.653. The van der Waals surface area contributed by atoms with Crippen molar-refractivity contribution in [3.8, 4) is 0 Å². The van der Waals surface area contributed by atoms with Crippen LogP contribution < -0.4 is 0 Å². The molecule has 0 radical (unpaired) electrons. The molecule has 0 aromatic rings. The predicted octanol–water partition coefficient (Wildman–Crippen LogP) is 1.73. The van der Waals surface area contributed by atoms with Crippen LogP contribution in [-0.2, 0) is 4.79 Å². The number of carbonyl (C=O) groups is 1. The van der Waals surface area contributed by atoms with Crippen molar-refractivity contribution in [2.24, 2.45) is 5.92 Å². The third-order valence-electron chi connectivity index (χ3n) is 3.58. The lowest BCUT2D eigenvalue weighted by atomic mass is 9.85. The highest BCUT2D eigenvalue weighted by Gasteiger charge is 2.34. The van der Waals surface area contributed by atoms with Gasteiger partial charge in [0.15, 0.2) is 0 Å². The van der Waals surface area contributed by atoms with Crippen LogP contribution in [-0.4, -0.2) is 35.1 Å². The number of hydrogen-bond acceptors (Lipinski definition) is 2. The molecule has 0 aromatic carbocycles. The minimum absolute atomic E-state index is 0.347. The van der Waals surface area contributed by atoms with Gasteiger partial charge in [-0.2, -0.15) is 0 Å². The van der Waals surface area contributed by atoms with E-state index in [2.05, 4.69) is 4.90 Å². The van der Waals surface area contributed by atoms with Gasteiger partial charge in [0.1, 0.15) is 0 Å². The van der Waals surface area contributed by atoms with E-state index in [-0.39, 0.29) is 0 Å². The van der Waals surface area contributed by atoms with E-state index >= 15 is 0 Å². The molecule has 1 aliphatic heterocycles. The van der Waals surface area contributed by atoms with Crippen molar-refractivity contribution in [3.05, 3.63) is 0 Å². The van der Waals surface area contributed by atoms with E-state index in [4.69, 9.17) is 5.11 Å². The van der Waals surface area contributed by atoms with Gasteiger partial charge in [-0.15, -0.1) is 0 Å². The molecule has 1 aliphatic carbocycles. The monoisotopic (exact) mass is 197 g/mol. The normalized spacial score (nSPS) is 24.3. The van der Waals surface area contributed by atoms with Crippen LogP contribution in [0.25, 0.3) is 0 Å². The first kappa shape index (κ1) is 9.97. The summed E-state index contributed by atoms with van der Waals surface area (Å²) in [5.41, 5.74) is 0. The van der Waals surface area contributed by atoms with Gasteiger partial charge in [-0.25, -0.2) is 0 Å². The fraction of sp³-hybridized carbons (Fsp3) is 0.909. The molecule has 2 aliphatic rings. The maximum atomic E-state index is 10.3. The van der Waals surface area contributed by atoms with Crippen LogP contribution in [0.3, 0.4) is 0 Å². The number of aliphatic carboxylic acids is 1. The summed E-state index contributed by atoms with van der Waals surface area (Å²) in [4.78, 5) is 12.9. The second kappa shape index (κ2) is 4.30. The average Bonchev–Trinajstić information content (AvgIpc) is 1.95. The molecule has 1 saturated carbocycles. The molecule has 2 fully saturated rings. The van der Waals surface area contributed by atoms with E-state index < -0.39 is 5.97 Å². The summed E-state index contributed by atoms with van der Waals surface area (Å²) >= 11 is 0. The number of likely N-dealkylation sites (tertiary alicyclic amines) is 1. The molecule has 1 heterocycles. The van der Waals surface area contributed by atoms with Crippen LogP contribution in [0.5, 0.6) is 0 Å². The zero-order valence-electron chi connectivity index (χ0n) is 8.61. The van der Waals surface area contributed by atoms with E-state index in [0.29, 0.717) is 6.42 Å². The Kier molecular flexibility index (Phi) is 3.06. The molecule has 1 saturated heterocycles. The van der Waals surface area contributed by atoms with Gasteiger partial charge in [0, 0.05) is 25.6 Å². The van der Waals surface area contributed by atoms with E-state index in [1.165, 1.54) is 32.4 Å². The van der Waals surface area contributed by atoms with Crippen molar-refractivity contribution in [1.29, 1.82) is 0 Å². The van der Waals surface area contributed by atoms with Crippen molar-refractivity contribution in [2.75, 3.05) is 13.1 Å². The van der Waals surface area contributed by atoms with Gasteiger partial charge < -0.3 is 5.11 Å². The summed E-state index contributed by atoms with van der Waals surface area (Å²) in [5.74, 6) is 0.134. The maximum Gasteiger partial charge on any atom is 0.303 e. The van der Waals surface area contributed by atoms with E-state index in [1.807, 2.05) is 0 Å². The van der Waals surface area contributed by atoms with E-state index in [9.17, 15) is 4.79 Å². The molecule has 0 unspecified atom stereocenters. The van der Waals surface area contributed by atoms with Crippen molar-refractivity contribution in [2.45, 2.75) is 44.6 Å². The Labute approximate surface area is 85.1 Å². The predicted molar refractivity (Wildman–Crippen MR) is 54.2 cm³/mol. The highest BCUT2D eigenvalue weighted by Crippen LogP contribution is 2.32. The summed E-state index contributed by atoms with van der Waals surface area (Å²) in [5, 5.41) is 8.49. The van der Waals surface area contributed by atoms with Gasteiger partial charge >= 0.3 is 5.97 Å². The molecule has 2 rings (SSSR count). The first-order valence-corrected chi connectivity index (χ1v) is 5.71. The summed E-state index contributed by atoms with van der Waals surface area (Å²) in [6.45, 7) is 2.45. The molecule has 0 bridgehead atoms. The SMILES string of the molecule is O=C(O)CCCC1CN(C2CCC2)C1. The third-order valence-corrected chi connectivity index (χ3v) is 3.58. The topological polar surface area (TPSA) is 40.5 Å². The summed E-state index contributed by atoms with van der Waals surface area (Å²) in [7, 11) is 0. The van der Waals surface area contributed by atoms with Crippen LogP contribution in [0.2, 0.25) is 0 Å². The van der Waals surface area contributed by atoms with E-state index in [0.717, 1.165) is 24.8 Å². The Morgan fingerprint density at radius 3 is 2.57 bits per heavy atom. The molecule has 0 aromatic heterocycles. The summed E-state index contributed by atoms with van der Waals surface area (Å²) in [6, 6.07) is 0.880. The number of carboxylic acids is 1. The van der Waals surface area contributed by atoms with E-state index in [1.54, 1.807) is 0 Å². The Morgan fingerprint density at radius 2 is 2.07 bits per heavy atom. The molecule has 3 nitrogen and oxygen atoms in total. The molecule has 14 heavy (non-hydrogen) atoms. The molecule has 0 spiro atoms. The van der Waals surface area contributed by atoms with Crippen molar-refractivity contribution in [3.63, 3.8) is 0 Å². The first-order chi connectivity index (χ1) is 6.75. The first-order valence-electron chi connectivity index (χ1n) is 5.71. The van der Waals surface area contributed by atoms with Crippen molar-refractivity contribution < 1.29 is 9.90 Å². The molecular formula is C11H19NO2. The number of nitrogens with zero attached hydrogens (tertiary/aromatic N) is 1. The standard InChI is InChI=1S/C11H19NO2/c13-11(14)6-1-3-9-7-12(8-9)10-4-2-5-10/h9-10H,1-8H2,(H,13,14). The zero-order valence-corrected chi connectivity index (χ0v) is 8.61. The van der Waals surface area contributed by atoms with Gasteiger partial charge in [0.25, 0.3) is 0 Å². The minimum Gasteiger partial charge on any atom is -0.481 e.